The number of amides is 1. The lowest BCUT2D eigenvalue weighted by atomic mass is 9.98. The standard InChI is InChI=1S/C27H25NO5/c1-17(2)12-14-32-19-8-5-7-18(15-19)24-23-25(29)21-10-3-4-11-22(21)33-26(23)27(30)28(24)16-20-9-6-13-31-20/h3-11,13,15,17,24H,12,14,16H2,1-2H3/t24-/m1/s1. The Balaban J connectivity index is 1.61. The molecule has 6 heteroatoms. The van der Waals surface area contributed by atoms with Crippen molar-refractivity contribution < 1.29 is 18.4 Å². The normalized spacial score (nSPS) is 15.4. The summed E-state index contributed by atoms with van der Waals surface area (Å²) in [5.41, 5.74) is 1.35. The second-order valence-electron chi connectivity index (χ2n) is 8.69. The third-order valence-electron chi connectivity index (χ3n) is 5.92. The lowest BCUT2D eigenvalue weighted by molar-refractivity contribution is 0.0701. The predicted molar refractivity (Wildman–Crippen MR) is 124 cm³/mol. The van der Waals surface area contributed by atoms with Crippen LogP contribution in [0.1, 0.15) is 53.8 Å². The number of carbonyl (C=O) groups excluding carboxylic acids is 1. The van der Waals surface area contributed by atoms with Crippen molar-refractivity contribution in [1.82, 2.24) is 4.90 Å². The summed E-state index contributed by atoms with van der Waals surface area (Å²) in [5.74, 6) is 1.62. The molecule has 1 aliphatic rings. The highest BCUT2D eigenvalue weighted by atomic mass is 16.5. The van der Waals surface area contributed by atoms with E-state index in [1.807, 2.05) is 30.3 Å². The van der Waals surface area contributed by atoms with Crippen LogP contribution in [0.3, 0.4) is 0 Å². The Labute approximate surface area is 191 Å². The van der Waals surface area contributed by atoms with E-state index in [1.165, 1.54) is 0 Å². The van der Waals surface area contributed by atoms with E-state index in [0.717, 1.165) is 12.0 Å². The molecule has 0 fully saturated rings. The van der Waals surface area contributed by atoms with Crippen LogP contribution in [-0.4, -0.2) is 17.4 Å². The van der Waals surface area contributed by atoms with Gasteiger partial charge in [-0.2, -0.15) is 0 Å². The van der Waals surface area contributed by atoms with Crippen molar-refractivity contribution in [3.8, 4) is 5.75 Å². The number of rotatable bonds is 7. The van der Waals surface area contributed by atoms with Gasteiger partial charge in [0.2, 0.25) is 5.76 Å². The zero-order chi connectivity index (χ0) is 22.9. The molecule has 0 N–H and O–H groups in total. The van der Waals surface area contributed by atoms with Gasteiger partial charge in [0.1, 0.15) is 17.1 Å². The molecule has 2 aromatic heterocycles. The second kappa shape index (κ2) is 8.62. The van der Waals surface area contributed by atoms with Gasteiger partial charge in [0.05, 0.1) is 36.4 Å². The van der Waals surface area contributed by atoms with Crippen LogP contribution in [0.4, 0.5) is 0 Å². The molecule has 6 nitrogen and oxygen atoms in total. The first-order chi connectivity index (χ1) is 16.0. The number of fused-ring (bicyclic) bond motifs is 2. The summed E-state index contributed by atoms with van der Waals surface area (Å²) < 4.78 is 17.4. The summed E-state index contributed by atoms with van der Waals surface area (Å²) in [6.45, 7) is 5.12. The van der Waals surface area contributed by atoms with Crippen molar-refractivity contribution in [3.05, 3.63) is 99.8 Å². The molecule has 1 atom stereocenters. The fraction of sp³-hybridized carbons (Fsp3) is 0.259. The van der Waals surface area contributed by atoms with Crippen molar-refractivity contribution in [2.75, 3.05) is 6.61 Å². The predicted octanol–water partition coefficient (Wildman–Crippen LogP) is 5.56. The molecule has 4 aromatic rings. The maximum absolute atomic E-state index is 13.5. The van der Waals surface area contributed by atoms with Crippen molar-refractivity contribution in [1.29, 1.82) is 0 Å². The molecule has 0 unspecified atom stereocenters. The Hall–Kier alpha value is -3.80. The Morgan fingerprint density at radius 3 is 2.67 bits per heavy atom. The van der Waals surface area contributed by atoms with Gasteiger partial charge in [0.15, 0.2) is 5.43 Å². The van der Waals surface area contributed by atoms with Crippen molar-refractivity contribution in [3.63, 3.8) is 0 Å². The minimum Gasteiger partial charge on any atom is -0.494 e. The summed E-state index contributed by atoms with van der Waals surface area (Å²) in [6.07, 6.45) is 2.51. The lowest BCUT2D eigenvalue weighted by Crippen LogP contribution is -2.29. The molecule has 0 spiro atoms. The van der Waals surface area contributed by atoms with Gasteiger partial charge in [-0.25, -0.2) is 0 Å². The van der Waals surface area contributed by atoms with Gasteiger partial charge >= 0.3 is 0 Å². The molecule has 3 heterocycles. The van der Waals surface area contributed by atoms with Crippen LogP contribution in [0.2, 0.25) is 0 Å². The van der Waals surface area contributed by atoms with Crippen LogP contribution >= 0.6 is 0 Å². The average Bonchev–Trinajstić information content (AvgIpc) is 3.41. The van der Waals surface area contributed by atoms with Gasteiger partial charge in [0, 0.05) is 0 Å². The fourth-order valence-corrected chi connectivity index (χ4v) is 4.23. The molecular weight excluding hydrogens is 418 g/mol. The van der Waals surface area contributed by atoms with Crippen LogP contribution in [-0.2, 0) is 6.54 Å². The first kappa shape index (κ1) is 21.1. The number of hydrogen-bond acceptors (Lipinski definition) is 5. The lowest BCUT2D eigenvalue weighted by Gasteiger charge is -2.24. The van der Waals surface area contributed by atoms with E-state index in [0.29, 0.717) is 40.6 Å². The van der Waals surface area contributed by atoms with E-state index in [4.69, 9.17) is 13.6 Å². The maximum Gasteiger partial charge on any atom is 0.291 e. The molecule has 0 saturated heterocycles. The summed E-state index contributed by atoms with van der Waals surface area (Å²) in [7, 11) is 0. The Kier molecular flexibility index (Phi) is 5.50. The molecule has 2 aromatic carbocycles. The quantitative estimate of drug-likeness (QED) is 0.374. The number of benzene rings is 2. The van der Waals surface area contributed by atoms with Gasteiger partial charge < -0.3 is 18.5 Å². The smallest absolute Gasteiger partial charge is 0.291 e. The van der Waals surface area contributed by atoms with Crippen LogP contribution in [0.25, 0.3) is 11.0 Å². The largest absolute Gasteiger partial charge is 0.494 e. The van der Waals surface area contributed by atoms with Crippen molar-refractivity contribution >= 4 is 16.9 Å². The van der Waals surface area contributed by atoms with Crippen LogP contribution < -0.4 is 10.2 Å². The van der Waals surface area contributed by atoms with Crippen LogP contribution in [0, 0.1) is 5.92 Å². The van der Waals surface area contributed by atoms with Crippen LogP contribution in [0.15, 0.2) is 80.6 Å². The van der Waals surface area contributed by atoms with E-state index in [-0.39, 0.29) is 23.6 Å². The van der Waals surface area contributed by atoms with Crippen molar-refractivity contribution in [2.45, 2.75) is 32.9 Å². The SMILES string of the molecule is CC(C)CCOc1cccc([C@@H]2c3c(oc4ccccc4c3=O)C(=O)N2Cc2ccco2)c1. The van der Waals surface area contributed by atoms with Gasteiger partial charge in [-0.15, -0.1) is 0 Å². The number of hydrogen-bond donors (Lipinski definition) is 0. The molecule has 1 amide bonds. The minimum absolute atomic E-state index is 0.0846. The number of carbonyl (C=O) groups is 1. The third kappa shape index (κ3) is 3.93. The average molecular weight is 443 g/mol. The van der Waals surface area contributed by atoms with E-state index in [2.05, 4.69) is 13.8 Å². The molecule has 0 radical (unpaired) electrons. The number of furan rings is 1. The first-order valence-corrected chi connectivity index (χ1v) is 11.1. The van der Waals surface area contributed by atoms with Crippen molar-refractivity contribution in [2.24, 2.45) is 5.92 Å². The van der Waals surface area contributed by atoms with Gasteiger partial charge in [-0.1, -0.05) is 38.1 Å². The zero-order valence-electron chi connectivity index (χ0n) is 18.6. The monoisotopic (exact) mass is 443 g/mol. The molecule has 0 aliphatic carbocycles. The van der Waals surface area contributed by atoms with E-state index >= 15 is 0 Å². The highest BCUT2D eigenvalue weighted by Crippen LogP contribution is 2.40. The van der Waals surface area contributed by atoms with Gasteiger partial charge in [-0.05, 0) is 54.3 Å². The highest BCUT2D eigenvalue weighted by Gasteiger charge is 2.43. The number of ether oxygens (including phenoxy) is 1. The Morgan fingerprint density at radius 1 is 1.03 bits per heavy atom. The molecule has 33 heavy (non-hydrogen) atoms. The number of nitrogens with zero attached hydrogens (tertiary/aromatic N) is 1. The summed E-state index contributed by atoms with van der Waals surface area (Å²) >= 11 is 0. The highest BCUT2D eigenvalue weighted by molar-refractivity contribution is 5.99. The fourth-order valence-electron chi connectivity index (χ4n) is 4.23. The van der Waals surface area contributed by atoms with E-state index < -0.39 is 6.04 Å². The summed E-state index contributed by atoms with van der Waals surface area (Å²) in [4.78, 5) is 28.6. The van der Waals surface area contributed by atoms with E-state index in [9.17, 15) is 9.59 Å². The second-order valence-corrected chi connectivity index (χ2v) is 8.69. The number of para-hydroxylation sites is 1. The van der Waals surface area contributed by atoms with Gasteiger partial charge in [-0.3, -0.25) is 9.59 Å². The molecule has 168 valence electrons. The summed E-state index contributed by atoms with van der Waals surface area (Å²) in [6, 6.07) is 17.6. The minimum atomic E-state index is -0.605. The van der Waals surface area contributed by atoms with E-state index in [1.54, 1.807) is 41.5 Å². The molecule has 0 bridgehead atoms. The van der Waals surface area contributed by atoms with Crippen LogP contribution in [0.5, 0.6) is 5.75 Å². The molecule has 0 saturated carbocycles. The third-order valence-corrected chi connectivity index (χ3v) is 5.92. The molecular formula is C27H25NO5. The molecule has 5 rings (SSSR count). The Morgan fingerprint density at radius 2 is 1.88 bits per heavy atom. The maximum atomic E-state index is 13.5. The first-order valence-electron chi connectivity index (χ1n) is 11.1. The molecule has 1 aliphatic heterocycles. The topological polar surface area (TPSA) is 72.9 Å². The Bertz CT molecular complexity index is 1350. The van der Waals surface area contributed by atoms with Gasteiger partial charge in [0.25, 0.3) is 5.91 Å². The summed E-state index contributed by atoms with van der Waals surface area (Å²) in [5, 5.41) is 0.457. The zero-order valence-corrected chi connectivity index (χ0v) is 18.6.